The van der Waals surface area contributed by atoms with E-state index in [1.807, 2.05) is 0 Å². The van der Waals surface area contributed by atoms with Crippen LogP contribution < -0.4 is 24.8 Å². The minimum atomic E-state index is -1.12. The maximum absolute atomic E-state index is 2.51. The van der Waals surface area contributed by atoms with Gasteiger partial charge < -0.3 is 29.4 Å². The van der Waals surface area contributed by atoms with Crippen LogP contribution in [0.5, 0.6) is 0 Å². The molecule has 3 aromatic carbocycles. The molecule has 187 valence electrons. The van der Waals surface area contributed by atoms with Gasteiger partial charge in [0.1, 0.15) is 0 Å². The molecule has 4 aromatic rings. The van der Waals surface area contributed by atoms with E-state index in [0.717, 1.165) is 5.54 Å². The molecule has 1 aromatic heterocycles. The molecule has 2 aliphatic heterocycles. The average molecular weight is 621 g/mol. The molecule has 2 unspecified atom stereocenters. The van der Waals surface area contributed by atoms with Crippen LogP contribution in [0.1, 0.15) is 52.2 Å². The van der Waals surface area contributed by atoms with E-state index >= 15 is 0 Å². The molecule has 2 bridgehead atoms. The maximum atomic E-state index is 2.51. The number of halogens is 2. The predicted molar refractivity (Wildman–Crippen MR) is 148 cm³/mol. The zero-order valence-electron chi connectivity index (χ0n) is 22.0. The Balaban J connectivity index is 0.000000164. The maximum Gasteiger partial charge on any atom is 0.0931 e. The summed E-state index contributed by atoms with van der Waals surface area (Å²) in [7, 11) is -1.12. The summed E-state index contributed by atoms with van der Waals surface area (Å²) < 4.78 is 2.95. The summed E-state index contributed by atoms with van der Waals surface area (Å²) in [5, 5.41) is 4.49. The number of allylic oxidation sites excluding steroid dienone is 2. The average Bonchev–Trinajstić information content (AvgIpc) is 3.54. The van der Waals surface area contributed by atoms with Crippen molar-refractivity contribution in [2.24, 2.45) is 5.92 Å². The van der Waals surface area contributed by atoms with Crippen molar-refractivity contribution >= 4 is 30.1 Å². The molecule has 0 saturated carbocycles. The van der Waals surface area contributed by atoms with E-state index in [1.54, 1.807) is 46.6 Å². The number of rotatable bonds is 2. The van der Waals surface area contributed by atoms with Crippen molar-refractivity contribution in [2.45, 2.75) is 43.0 Å². The van der Waals surface area contributed by atoms with Gasteiger partial charge in [-0.2, -0.15) is 0 Å². The van der Waals surface area contributed by atoms with Crippen LogP contribution in [-0.2, 0) is 24.7 Å². The van der Waals surface area contributed by atoms with Gasteiger partial charge in [-0.25, -0.2) is 0 Å². The molecular weight excluding hydrogens is 589 g/mol. The zero-order chi connectivity index (χ0) is 24.5. The molecule has 2 atom stereocenters. The van der Waals surface area contributed by atoms with Crippen LogP contribution in [0.25, 0.3) is 27.7 Å². The second-order valence-electron chi connectivity index (χ2n) is 11.1. The van der Waals surface area contributed by atoms with Gasteiger partial charge in [0.15, 0.2) is 0 Å². The van der Waals surface area contributed by atoms with Gasteiger partial charge >= 0.3 is 118 Å². The number of fused-ring (bicyclic) bond motifs is 3. The van der Waals surface area contributed by atoms with Gasteiger partial charge in [0.05, 0.1) is 8.07 Å². The number of aromatic nitrogens is 1. The van der Waals surface area contributed by atoms with Gasteiger partial charge in [0, 0.05) is 23.6 Å². The van der Waals surface area contributed by atoms with Crippen molar-refractivity contribution < 1.29 is 49.5 Å². The Morgan fingerprint density at radius 1 is 0.838 bits per heavy atom. The largest absolute Gasteiger partial charge is 1.00 e. The van der Waals surface area contributed by atoms with Crippen LogP contribution >= 0.6 is 0 Å². The summed E-state index contributed by atoms with van der Waals surface area (Å²) in [4.78, 5) is 0. The normalized spacial score (nSPS) is 19.7. The third-order valence-electron chi connectivity index (χ3n) is 8.31. The Morgan fingerprint density at radius 3 is 2.16 bits per heavy atom. The minimum absolute atomic E-state index is 0. The van der Waals surface area contributed by atoms with Gasteiger partial charge in [0.2, 0.25) is 0 Å². The van der Waals surface area contributed by atoms with Crippen LogP contribution in [-0.4, -0.2) is 12.6 Å². The van der Waals surface area contributed by atoms with Crippen molar-refractivity contribution in [1.82, 2.24) is 4.57 Å². The molecule has 0 fully saturated rings. The fraction of sp³-hybridized carbons (Fsp3) is 0.250. The summed E-state index contributed by atoms with van der Waals surface area (Å²) in [6, 6.07) is 23.9. The molecule has 0 saturated heterocycles. The Hall–Kier alpha value is -1.64. The fourth-order valence-electron chi connectivity index (χ4n) is 6.76. The van der Waals surface area contributed by atoms with Crippen molar-refractivity contribution in [2.75, 3.05) is 0 Å². The van der Waals surface area contributed by atoms with E-state index in [2.05, 4.69) is 124 Å². The topological polar surface area (TPSA) is 4.93 Å². The Morgan fingerprint density at radius 2 is 1.51 bits per heavy atom. The van der Waals surface area contributed by atoms with Crippen LogP contribution in [0.2, 0.25) is 13.1 Å². The van der Waals surface area contributed by atoms with E-state index in [0.29, 0.717) is 9.54 Å². The number of benzene rings is 3. The molecule has 0 amide bonds. The predicted octanol–water partition coefficient (Wildman–Crippen LogP) is 2.64. The smallest absolute Gasteiger partial charge is 0.0931 e. The van der Waals surface area contributed by atoms with Crippen LogP contribution in [0, 0.1) is 5.92 Å². The molecule has 4 aliphatic rings. The number of hydrogen-bond donors (Lipinski definition) is 0. The minimum Gasteiger partial charge on any atom is -1.00 e. The third-order valence-corrected chi connectivity index (χ3v) is 14.0. The standard InChI is InChI=1S/C16H17NSi.C16H15.2ClH.Zr/c1-11-15-13-9-17(12-7-5-4-6-8-12)10-14(13)16(11)18(15,2)3;1-11(2)14-9-13-8-7-12-5-3-4-6-15(12)16(13)10-14;;;/h4-10,15H,1-3H3;3-11H,1-2H3;2*1H;/q;;;;+2/p-2. The second kappa shape index (κ2) is 10.5. The van der Waals surface area contributed by atoms with Crippen LogP contribution in [0.15, 0.2) is 90.3 Å². The molecule has 0 N–H and O–H groups in total. The van der Waals surface area contributed by atoms with Gasteiger partial charge in [-0.15, -0.1) is 0 Å². The van der Waals surface area contributed by atoms with Crippen molar-refractivity contribution in [1.29, 1.82) is 0 Å². The molecule has 3 heterocycles. The van der Waals surface area contributed by atoms with E-state index in [1.165, 1.54) is 33.2 Å². The summed E-state index contributed by atoms with van der Waals surface area (Å²) in [5.74, 6) is 0.658. The summed E-state index contributed by atoms with van der Waals surface area (Å²) in [6.07, 6.45) is 7.13. The third kappa shape index (κ3) is 4.41. The number of para-hydroxylation sites is 1. The molecule has 0 spiro atoms. The molecule has 37 heavy (non-hydrogen) atoms. The molecular formula is C32H32Cl2NSiZr. The number of nitrogens with zero attached hydrogens (tertiary/aromatic N) is 1. The summed E-state index contributed by atoms with van der Waals surface area (Å²) >= 11 is 1.61. The van der Waals surface area contributed by atoms with Gasteiger partial charge in [-0.05, 0) is 30.2 Å². The van der Waals surface area contributed by atoms with Crippen LogP contribution in [0.4, 0.5) is 0 Å². The van der Waals surface area contributed by atoms with Gasteiger partial charge in [-0.1, -0.05) is 42.1 Å². The Bertz CT molecular complexity index is 1530. The summed E-state index contributed by atoms with van der Waals surface area (Å²) in [5.41, 5.74) is 11.4. The summed E-state index contributed by atoms with van der Waals surface area (Å²) in [6.45, 7) is 11.9. The van der Waals surface area contributed by atoms with E-state index in [4.69, 9.17) is 0 Å². The molecule has 1 nitrogen and oxygen atoms in total. The zero-order valence-corrected chi connectivity index (χ0v) is 27.0. The van der Waals surface area contributed by atoms with Gasteiger partial charge in [-0.3, -0.25) is 0 Å². The first-order chi connectivity index (χ1) is 16.8. The molecule has 8 rings (SSSR count). The first kappa shape index (κ1) is 28.4. The van der Waals surface area contributed by atoms with Crippen molar-refractivity contribution in [3.05, 3.63) is 113 Å². The first-order valence-corrected chi connectivity index (χ1v) is 17.2. The Labute approximate surface area is 249 Å². The van der Waals surface area contributed by atoms with E-state index in [-0.39, 0.29) is 24.8 Å². The van der Waals surface area contributed by atoms with Crippen molar-refractivity contribution in [3.8, 4) is 5.69 Å². The van der Waals surface area contributed by atoms with E-state index in [9.17, 15) is 0 Å². The quantitative estimate of drug-likeness (QED) is 0.304. The SMILES string of the molecule is CC(C)C1=Cc2c(ccc3ccccc23)[CH]1[Zr+2].CC1=C2c3cn(-c4ccccc4)cc3C1[Si]2(C)C.[Cl-].[Cl-]. The monoisotopic (exact) mass is 618 g/mol. The molecule has 0 radical (unpaired) electrons. The van der Waals surface area contributed by atoms with Crippen molar-refractivity contribution in [3.63, 3.8) is 0 Å². The second-order valence-corrected chi connectivity index (χ2v) is 17.0. The van der Waals surface area contributed by atoms with Gasteiger partial charge in [0.25, 0.3) is 0 Å². The first-order valence-electron chi connectivity index (χ1n) is 12.7. The molecule has 5 heteroatoms. The number of hydrogen-bond acceptors (Lipinski definition) is 0. The fourth-order valence-corrected chi connectivity index (χ4v) is 12.8. The molecule has 2 aliphatic carbocycles. The van der Waals surface area contributed by atoms with Crippen LogP contribution in [0.3, 0.4) is 0 Å². The Kier molecular flexibility index (Phi) is 8.05. The van der Waals surface area contributed by atoms with E-state index < -0.39 is 8.07 Å².